The second kappa shape index (κ2) is 6.35. The highest BCUT2D eigenvalue weighted by Crippen LogP contribution is 2.25. The maximum absolute atomic E-state index is 12.1. The Morgan fingerprint density at radius 3 is 2.91 bits per heavy atom. The maximum Gasteiger partial charge on any atom is 0.316 e. The Morgan fingerprint density at radius 1 is 1.41 bits per heavy atom. The molecule has 7 nitrogen and oxygen atoms in total. The van der Waals surface area contributed by atoms with Gasteiger partial charge >= 0.3 is 6.01 Å². The van der Waals surface area contributed by atoms with Crippen LogP contribution in [0.3, 0.4) is 0 Å². The molecule has 0 aromatic carbocycles. The van der Waals surface area contributed by atoms with Crippen molar-refractivity contribution in [1.29, 1.82) is 0 Å². The van der Waals surface area contributed by atoms with E-state index in [2.05, 4.69) is 20.4 Å². The minimum Gasteiger partial charge on any atom is -0.464 e. The smallest absolute Gasteiger partial charge is 0.316 e. The summed E-state index contributed by atoms with van der Waals surface area (Å²) in [5, 5.41) is 8.34. The number of amides is 1. The first-order valence-electron chi connectivity index (χ1n) is 6.53. The Hall–Kier alpha value is -2.74. The molecule has 0 spiro atoms. The summed E-state index contributed by atoms with van der Waals surface area (Å²) in [6.45, 7) is 2.32. The third-order valence-electron chi connectivity index (χ3n) is 2.67. The summed E-state index contributed by atoms with van der Waals surface area (Å²) >= 11 is 1.51. The van der Waals surface area contributed by atoms with Gasteiger partial charge in [-0.05, 0) is 18.4 Å². The van der Waals surface area contributed by atoms with Crippen LogP contribution >= 0.6 is 11.3 Å². The zero-order valence-electron chi connectivity index (χ0n) is 11.6. The quantitative estimate of drug-likeness (QED) is 0.778. The van der Waals surface area contributed by atoms with Crippen LogP contribution in [-0.4, -0.2) is 27.6 Å². The number of hydrogen-bond donors (Lipinski definition) is 1. The Balaban J connectivity index is 1.69. The highest BCUT2D eigenvalue weighted by atomic mass is 32.1. The number of hydrogen-bond acceptors (Lipinski definition) is 7. The van der Waals surface area contributed by atoms with Crippen LogP contribution in [0.1, 0.15) is 17.4 Å². The molecule has 0 atom stereocenters. The van der Waals surface area contributed by atoms with Gasteiger partial charge in [-0.3, -0.25) is 4.79 Å². The summed E-state index contributed by atoms with van der Waals surface area (Å²) < 4.78 is 10.3. The molecule has 0 fully saturated rings. The van der Waals surface area contributed by atoms with Crippen LogP contribution in [0.15, 0.2) is 40.5 Å². The molecule has 3 aromatic rings. The molecular formula is C14H12N4O3S. The summed E-state index contributed by atoms with van der Waals surface area (Å²) in [5.74, 6) is 0.169. The molecular weight excluding hydrogens is 304 g/mol. The maximum atomic E-state index is 12.1. The van der Waals surface area contributed by atoms with Crippen LogP contribution in [0.5, 0.6) is 6.01 Å². The normalized spacial score (nSPS) is 10.4. The van der Waals surface area contributed by atoms with Gasteiger partial charge in [0.05, 0.1) is 29.6 Å². The minimum absolute atomic E-state index is 0.192. The Morgan fingerprint density at radius 2 is 2.23 bits per heavy atom. The van der Waals surface area contributed by atoms with Gasteiger partial charge in [-0.2, -0.15) is 0 Å². The van der Waals surface area contributed by atoms with Crippen molar-refractivity contribution in [2.45, 2.75) is 6.92 Å². The molecule has 0 radical (unpaired) electrons. The monoisotopic (exact) mass is 316 g/mol. The number of aromatic nitrogens is 3. The van der Waals surface area contributed by atoms with Crippen LogP contribution < -0.4 is 10.1 Å². The molecule has 112 valence electrons. The van der Waals surface area contributed by atoms with E-state index >= 15 is 0 Å². The number of nitrogens with zero attached hydrogens (tertiary/aromatic N) is 3. The first-order chi connectivity index (χ1) is 10.8. The molecule has 3 rings (SSSR count). The van der Waals surface area contributed by atoms with Crippen molar-refractivity contribution in [3.63, 3.8) is 0 Å². The third-order valence-corrected chi connectivity index (χ3v) is 3.55. The summed E-state index contributed by atoms with van der Waals surface area (Å²) in [5.41, 5.74) is 0.645. The fraction of sp³-hybridized carbons (Fsp3) is 0.143. The van der Waals surface area contributed by atoms with Crippen LogP contribution in [0.4, 0.5) is 5.69 Å². The average Bonchev–Trinajstić information content (AvgIpc) is 3.20. The van der Waals surface area contributed by atoms with Gasteiger partial charge in [0.25, 0.3) is 5.91 Å². The van der Waals surface area contributed by atoms with Gasteiger partial charge in [0.2, 0.25) is 0 Å². The van der Waals surface area contributed by atoms with Gasteiger partial charge in [0, 0.05) is 6.07 Å². The number of nitrogens with one attached hydrogen (secondary N) is 1. The van der Waals surface area contributed by atoms with Gasteiger partial charge < -0.3 is 14.6 Å². The molecule has 0 unspecified atom stereocenters. The molecule has 0 saturated carbocycles. The minimum atomic E-state index is -0.390. The molecule has 1 amide bonds. The SMILES string of the molecule is CCOc1ncc(NC(=O)c2cc(-c3cccs3)on2)cn1. The lowest BCUT2D eigenvalue weighted by atomic mass is 10.3. The number of carbonyl (C=O) groups excluding carboxylic acids is 1. The summed E-state index contributed by atoms with van der Waals surface area (Å²) in [7, 11) is 0. The van der Waals surface area contributed by atoms with Crippen molar-refractivity contribution in [3.05, 3.63) is 41.7 Å². The van der Waals surface area contributed by atoms with Crippen molar-refractivity contribution in [2.75, 3.05) is 11.9 Å². The van der Waals surface area contributed by atoms with Gasteiger partial charge in [-0.15, -0.1) is 11.3 Å². The van der Waals surface area contributed by atoms with Gasteiger partial charge in [-0.25, -0.2) is 9.97 Å². The van der Waals surface area contributed by atoms with Crippen LogP contribution in [-0.2, 0) is 0 Å². The van der Waals surface area contributed by atoms with Gasteiger partial charge in [-0.1, -0.05) is 11.2 Å². The van der Waals surface area contributed by atoms with E-state index in [0.717, 1.165) is 4.88 Å². The lowest BCUT2D eigenvalue weighted by Crippen LogP contribution is -2.12. The summed E-state index contributed by atoms with van der Waals surface area (Å²) in [6.07, 6.45) is 2.94. The Kier molecular flexibility index (Phi) is 4.10. The number of ether oxygens (including phenoxy) is 1. The highest BCUT2D eigenvalue weighted by Gasteiger charge is 2.14. The van der Waals surface area contributed by atoms with Crippen LogP contribution in [0.25, 0.3) is 10.6 Å². The summed E-state index contributed by atoms with van der Waals surface area (Å²) in [4.78, 5) is 20.9. The molecule has 0 aliphatic heterocycles. The standard InChI is InChI=1S/C14H12N4O3S/c1-2-20-14-15-7-9(8-16-14)17-13(19)10-6-11(21-18-10)12-4-3-5-22-12/h3-8H,2H2,1H3,(H,17,19). The molecule has 22 heavy (non-hydrogen) atoms. The van der Waals surface area contributed by atoms with Crippen molar-refractivity contribution in [1.82, 2.24) is 15.1 Å². The lowest BCUT2D eigenvalue weighted by Gasteiger charge is -2.03. The van der Waals surface area contributed by atoms with E-state index in [-0.39, 0.29) is 17.6 Å². The topological polar surface area (TPSA) is 90.1 Å². The second-order valence-corrected chi connectivity index (χ2v) is 5.14. The van der Waals surface area contributed by atoms with Gasteiger partial charge in [0.1, 0.15) is 0 Å². The third kappa shape index (κ3) is 3.12. The predicted molar refractivity (Wildman–Crippen MR) is 81.0 cm³/mol. The predicted octanol–water partition coefficient (Wildman–Crippen LogP) is 2.84. The average molecular weight is 316 g/mol. The first kappa shape index (κ1) is 14.2. The lowest BCUT2D eigenvalue weighted by molar-refractivity contribution is 0.101. The van der Waals surface area contributed by atoms with E-state index in [1.807, 2.05) is 24.4 Å². The van der Waals surface area contributed by atoms with Gasteiger partial charge in [0.15, 0.2) is 11.5 Å². The molecule has 8 heteroatoms. The number of anilines is 1. The Bertz CT molecular complexity index is 753. The molecule has 0 saturated heterocycles. The van der Waals surface area contributed by atoms with Crippen LogP contribution in [0, 0.1) is 0 Å². The van der Waals surface area contributed by atoms with E-state index in [1.165, 1.54) is 23.7 Å². The molecule has 0 aliphatic rings. The van der Waals surface area contributed by atoms with E-state index in [4.69, 9.17) is 9.26 Å². The zero-order chi connectivity index (χ0) is 15.4. The second-order valence-electron chi connectivity index (χ2n) is 4.20. The molecule has 3 heterocycles. The van der Waals surface area contributed by atoms with Crippen molar-refractivity contribution < 1.29 is 14.1 Å². The first-order valence-corrected chi connectivity index (χ1v) is 7.41. The molecule has 3 aromatic heterocycles. The van der Waals surface area contributed by atoms with E-state index in [0.29, 0.717) is 18.1 Å². The molecule has 0 aliphatic carbocycles. The summed E-state index contributed by atoms with van der Waals surface area (Å²) in [6, 6.07) is 5.66. The largest absolute Gasteiger partial charge is 0.464 e. The highest BCUT2D eigenvalue weighted by molar-refractivity contribution is 7.13. The number of rotatable bonds is 5. The van der Waals surface area contributed by atoms with Crippen molar-refractivity contribution >= 4 is 22.9 Å². The molecule has 0 bridgehead atoms. The zero-order valence-corrected chi connectivity index (χ0v) is 12.5. The van der Waals surface area contributed by atoms with E-state index < -0.39 is 0 Å². The van der Waals surface area contributed by atoms with Crippen molar-refractivity contribution in [2.24, 2.45) is 0 Å². The van der Waals surface area contributed by atoms with Crippen molar-refractivity contribution in [3.8, 4) is 16.6 Å². The Labute approximate surface area is 130 Å². The van der Waals surface area contributed by atoms with Crippen LogP contribution in [0.2, 0.25) is 0 Å². The fourth-order valence-electron chi connectivity index (χ4n) is 1.70. The number of carbonyl (C=O) groups is 1. The fourth-order valence-corrected chi connectivity index (χ4v) is 2.37. The van der Waals surface area contributed by atoms with E-state index in [1.54, 1.807) is 6.07 Å². The van der Waals surface area contributed by atoms with E-state index in [9.17, 15) is 4.79 Å². The molecule has 1 N–H and O–H groups in total. The number of thiophene rings is 1.